The van der Waals surface area contributed by atoms with Crippen molar-refractivity contribution in [1.82, 2.24) is 14.5 Å². The van der Waals surface area contributed by atoms with Gasteiger partial charge in [-0.1, -0.05) is 24.2 Å². The molecule has 0 unspecified atom stereocenters. The minimum atomic E-state index is -0.237. The lowest BCUT2D eigenvalue weighted by molar-refractivity contribution is 0.0150. The Morgan fingerprint density at radius 2 is 2.35 bits per heavy atom. The van der Waals surface area contributed by atoms with E-state index in [1.54, 1.807) is 22.5 Å². The number of hydrogen-bond acceptors (Lipinski definition) is 7. The van der Waals surface area contributed by atoms with Gasteiger partial charge in [-0.2, -0.15) is 4.98 Å². The molecule has 0 spiro atoms. The highest BCUT2D eigenvalue weighted by Crippen LogP contribution is 2.42. The zero-order valence-corrected chi connectivity index (χ0v) is 12.3. The smallest absolute Gasteiger partial charge is 0.311 e. The van der Waals surface area contributed by atoms with Crippen LogP contribution in [0.15, 0.2) is 11.0 Å². The Morgan fingerprint density at radius 1 is 1.50 bits per heavy atom. The van der Waals surface area contributed by atoms with Crippen molar-refractivity contribution in [3.05, 3.63) is 15.9 Å². The van der Waals surface area contributed by atoms with E-state index in [4.69, 9.17) is 10.5 Å². The summed E-state index contributed by atoms with van der Waals surface area (Å²) in [7, 11) is 0. The number of aromatic nitrogens is 3. The van der Waals surface area contributed by atoms with Gasteiger partial charge in [0.15, 0.2) is 5.65 Å². The van der Waals surface area contributed by atoms with Crippen molar-refractivity contribution in [2.45, 2.75) is 30.9 Å². The first-order chi connectivity index (χ1) is 9.70. The third-order valence-corrected chi connectivity index (χ3v) is 5.65. The van der Waals surface area contributed by atoms with E-state index >= 15 is 0 Å². The largest absolute Gasteiger partial charge is 0.368 e. The first-order valence-corrected chi connectivity index (χ1v) is 8.48. The maximum absolute atomic E-state index is 12.2. The number of nitrogen functional groups attached to an aromatic ring is 1. The Balaban J connectivity index is 1.66. The van der Waals surface area contributed by atoms with Gasteiger partial charge >= 0.3 is 4.87 Å². The molecule has 106 valence electrons. The zero-order valence-electron chi connectivity index (χ0n) is 10.7. The van der Waals surface area contributed by atoms with E-state index in [-0.39, 0.29) is 22.5 Å². The van der Waals surface area contributed by atoms with Crippen molar-refractivity contribution >= 4 is 39.4 Å². The van der Waals surface area contributed by atoms with E-state index in [1.807, 2.05) is 0 Å². The fourth-order valence-corrected chi connectivity index (χ4v) is 4.48. The average Bonchev–Trinajstić information content (AvgIpc) is 3.00. The predicted octanol–water partition coefficient (Wildman–Crippen LogP) is 1.82. The SMILES string of the molecule is Nc1ncc2sc(=O)n([C@H]3CS[C@@H](CC4CC4)O3)c2n1. The van der Waals surface area contributed by atoms with Gasteiger partial charge in [-0.25, -0.2) is 4.98 Å². The number of nitrogens with two attached hydrogens (primary N) is 1. The van der Waals surface area contributed by atoms with Crippen molar-refractivity contribution < 1.29 is 4.74 Å². The highest BCUT2D eigenvalue weighted by Gasteiger charge is 2.34. The molecule has 1 aliphatic carbocycles. The van der Waals surface area contributed by atoms with E-state index in [1.165, 1.54) is 12.8 Å². The summed E-state index contributed by atoms with van der Waals surface area (Å²) >= 11 is 2.93. The zero-order chi connectivity index (χ0) is 13.7. The standard InChI is InChI=1S/C12H14N4O2S2/c13-11-14-4-7-10(15-11)16(12(17)20-7)8-5-19-9(18-8)3-6-1-2-6/h4,6,8-9H,1-3,5H2,(H2,13,14,15)/t8-,9+/m1/s1. The Hall–Kier alpha value is -1.12. The molecule has 2 atom stereocenters. The summed E-state index contributed by atoms with van der Waals surface area (Å²) in [6.45, 7) is 0. The van der Waals surface area contributed by atoms with Crippen molar-refractivity contribution in [3.8, 4) is 0 Å². The quantitative estimate of drug-likeness (QED) is 0.931. The van der Waals surface area contributed by atoms with Crippen molar-refractivity contribution in [1.29, 1.82) is 0 Å². The summed E-state index contributed by atoms with van der Waals surface area (Å²) in [6, 6.07) is 0. The van der Waals surface area contributed by atoms with Crippen LogP contribution in [0.5, 0.6) is 0 Å². The highest BCUT2D eigenvalue weighted by molar-refractivity contribution is 7.99. The second-order valence-electron chi connectivity index (χ2n) is 5.19. The van der Waals surface area contributed by atoms with Gasteiger partial charge < -0.3 is 10.5 Å². The molecule has 2 fully saturated rings. The molecular formula is C12H14N4O2S2. The van der Waals surface area contributed by atoms with Crippen LogP contribution in [-0.4, -0.2) is 25.7 Å². The van der Waals surface area contributed by atoms with E-state index < -0.39 is 0 Å². The number of ether oxygens (including phenoxy) is 1. The van der Waals surface area contributed by atoms with E-state index in [9.17, 15) is 4.79 Å². The number of rotatable bonds is 3. The molecule has 2 N–H and O–H groups in total. The van der Waals surface area contributed by atoms with Crippen LogP contribution in [0.3, 0.4) is 0 Å². The first kappa shape index (κ1) is 12.6. The van der Waals surface area contributed by atoms with Crippen molar-refractivity contribution in [2.75, 3.05) is 11.5 Å². The first-order valence-electron chi connectivity index (χ1n) is 6.61. The van der Waals surface area contributed by atoms with Gasteiger partial charge in [0.05, 0.1) is 10.9 Å². The van der Waals surface area contributed by atoms with Crippen LogP contribution in [0.1, 0.15) is 25.5 Å². The fraction of sp³-hybridized carbons (Fsp3) is 0.583. The van der Waals surface area contributed by atoms with Crippen LogP contribution in [-0.2, 0) is 4.74 Å². The molecule has 1 aliphatic heterocycles. The molecule has 1 saturated carbocycles. The minimum Gasteiger partial charge on any atom is -0.368 e. The minimum absolute atomic E-state index is 0.0578. The Labute approximate surface area is 123 Å². The van der Waals surface area contributed by atoms with Crippen molar-refractivity contribution in [3.63, 3.8) is 0 Å². The normalized spacial score (nSPS) is 26.4. The van der Waals surface area contributed by atoms with Gasteiger partial charge in [0.25, 0.3) is 0 Å². The number of thioether (sulfide) groups is 1. The maximum Gasteiger partial charge on any atom is 0.311 e. The van der Waals surface area contributed by atoms with Crippen LogP contribution < -0.4 is 10.6 Å². The molecular weight excluding hydrogens is 296 g/mol. The van der Waals surface area contributed by atoms with Crippen LogP contribution in [0.25, 0.3) is 10.3 Å². The van der Waals surface area contributed by atoms with Gasteiger partial charge in [-0.15, -0.1) is 11.8 Å². The molecule has 2 aromatic heterocycles. The summed E-state index contributed by atoms with van der Waals surface area (Å²) in [6.07, 6.45) is 5.09. The summed E-state index contributed by atoms with van der Waals surface area (Å²) < 4.78 is 8.39. The number of hydrogen-bond donors (Lipinski definition) is 1. The lowest BCUT2D eigenvalue weighted by atomic mass is 10.3. The molecule has 6 nitrogen and oxygen atoms in total. The van der Waals surface area contributed by atoms with Crippen LogP contribution in [0.4, 0.5) is 5.95 Å². The molecule has 2 aliphatic rings. The van der Waals surface area contributed by atoms with E-state index in [0.717, 1.165) is 34.1 Å². The fourth-order valence-electron chi connectivity index (χ4n) is 2.43. The lowest BCUT2D eigenvalue weighted by Crippen LogP contribution is -2.22. The topological polar surface area (TPSA) is 83.0 Å². The second kappa shape index (κ2) is 4.71. The summed E-state index contributed by atoms with van der Waals surface area (Å²) in [5.41, 5.74) is 6.41. The molecule has 1 saturated heterocycles. The summed E-state index contributed by atoms with van der Waals surface area (Å²) in [5, 5.41) is 0. The molecule has 3 heterocycles. The van der Waals surface area contributed by atoms with Crippen LogP contribution in [0, 0.1) is 5.92 Å². The molecule has 2 aromatic rings. The summed E-state index contributed by atoms with van der Waals surface area (Å²) in [5.74, 6) is 1.79. The third kappa shape index (κ3) is 2.21. The lowest BCUT2D eigenvalue weighted by Gasteiger charge is -2.13. The predicted molar refractivity (Wildman–Crippen MR) is 79.8 cm³/mol. The van der Waals surface area contributed by atoms with Crippen LogP contribution in [0.2, 0.25) is 0 Å². The molecule has 0 radical (unpaired) electrons. The van der Waals surface area contributed by atoms with Gasteiger partial charge in [-0.3, -0.25) is 9.36 Å². The number of anilines is 1. The second-order valence-corrected chi connectivity index (χ2v) is 7.37. The Morgan fingerprint density at radius 3 is 3.15 bits per heavy atom. The Kier molecular flexibility index (Phi) is 2.97. The molecule has 0 amide bonds. The molecule has 20 heavy (non-hydrogen) atoms. The molecule has 8 heteroatoms. The number of nitrogens with zero attached hydrogens (tertiary/aromatic N) is 3. The van der Waals surface area contributed by atoms with Crippen LogP contribution >= 0.6 is 23.1 Å². The molecule has 0 bridgehead atoms. The van der Waals surface area contributed by atoms with Gasteiger partial charge in [-0.05, 0) is 12.3 Å². The van der Waals surface area contributed by atoms with Crippen molar-refractivity contribution in [2.24, 2.45) is 5.92 Å². The van der Waals surface area contributed by atoms with Gasteiger partial charge in [0.1, 0.15) is 11.7 Å². The van der Waals surface area contributed by atoms with Gasteiger partial charge in [0.2, 0.25) is 5.95 Å². The third-order valence-electron chi connectivity index (χ3n) is 3.62. The Bertz CT molecular complexity index is 709. The average molecular weight is 310 g/mol. The highest BCUT2D eigenvalue weighted by atomic mass is 32.2. The van der Waals surface area contributed by atoms with E-state index in [0.29, 0.717) is 5.65 Å². The van der Waals surface area contributed by atoms with E-state index in [2.05, 4.69) is 9.97 Å². The maximum atomic E-state index is 12.2. The molecule has 4 rings (SSSR count). The number of thiazole rings is 1. The monoisotopic (exact) mass is 310 g/mol. The summed E-state index contributed by atoms with van der Waals surface area (Å²) in [4.78, 5) is 20.2. The molecule has 0 aromatic carbocycles. The van der Waals surface area contributed by atoms with Gasteiger partial charge in [0, 0.05) is 5.75 Å². The number of fused-ring (bicyclic) bond motifs is 1.